The molecule has 0 radical (unpaired) electrons. The molecule has 1 fully saturated rings. The molecule has 1 N–H and O–H groups in total. The van der Waals surface area contributed by atoms with Crippen molar-refractivity contribution in [2.45, 2.75) is 32.9 Å². The number of pyridine rings is 1. The molecular formula is C27H29N5O. The number of nitrogens with zero attached hydrogens (tertiary/aromatic N) is 4. The fourth-order valence-electron chi connectivity index (χ4n) is 4.62. The zero-order chi connectivity index (χ0) is 22.8. The molecule has 33 heavy (non-hydrogen) atoms. The number of carbonyl (C=O) groups excluding carboxylic acids is 1. The van der Waals surface area contributed by atoms with Crippen molar-refractivity contribution in [3.63, 3.8) is 0 Å². The average molecular weight is 440 g/mol. The highest BCUT2D eigenvalue weighted by Gasteiger charge is 2.19. The van der Waals surface area contributed by atoms with Crippen molar-refractivity contribution in [2.75, 3.05) is 13.1 Å². The van der Waals surface area contributed by atoms with Gasteiger partial charge in [-0.25, -0.2) is 4.98 Å². The third-order valence-corrected chi connectivity index (χ3v) is 6.36. The van der Waals surface area contributed by atoms with Crippen molar-refractivity contribution in [3.8, 4) is 11.3 Å². The lowest BCUT2D eigenvalue weighted by Crippen LogP contribution is -2.23. The van der Waals surface area contributed by atoms with E-state index in [2.05, 4.69) is 39.6 Å². The predicted octanol–water partition coefficient (Wildman–Crippen LogP) is 4.47. The zero-order valence-corrected chi connectivity index (χ0v) is 19.2. The van der Waals surface area contributed by atoms with Crippen LogP contribution in [0.25, 0.3) is 22.3 Å². The van der Waals surface area contributed by atoms with Gasteiger partial charge >= 0.3 is 0 Å². The normalized spacial score (nSPS) is 14.1. The fraction of sp³-hybridized carbons (Fsp3) is 0.296. The maximum Gasteiger partial charge on any atom is 0.252 e. The summed E-state index contributed by atoms with van der Waals surface area (Å²) in [6.07, 6.45) is 2.60. The Bertz CT molecular complexity index is 1270. The van der Waals surface area contributed by atoms with Crippen LogP contribution in [-0.2, 0) is 20.1 Å². The third-order valence-electron chi connectivity index (χ3n) is 6.36. The molecule has 1 saturated heterocycles. The molecule has 0 spiro atoms. The summed E-state index contributed by atoms with van der Waals surface area (Å²) in [7, 11) is 1.86. The van der Waals surface area contributed by atoms with E-state index in [0.29, 0.717) is 17.8 Å². The summed E-state index contributed by atoms with van der Waals surface area (Å²) >= 11 is 0. The van der Waals surface area contributed by atoms with Gasteiger partial charge in [-0.1, -0.05) is 54.6 Å². The van der Waals surface area contributed by atoms with E-state index in [1.807, 2.05) is 50.4 Å². The maximum atomic E-state index is 13.3. The van der Waals surface area contributed by atoms with E-state index in [4.69, 9.17) is 4.98 Å². The van der Waals surface area contributed by atoms with Crippen molar-refractivity contribution in [1.29, 1.82) is 0 Å². The predicted molar refractivity (Wildman–Crippen MR) is 131 cm³/mol. The fourth-order valence-corrected chi connectivity index (χ4v) is 4.62. The molecule has 0 bridgehead atoms. The van der Waals surface area contributed by atoms with Gasteiger partial charge in [-0.3, -0.25) is 14.4 Å². The Kier molecular flexibility index (Phi) is 5.92. The highest BCUT2D eigenvalue weighted by molar-refractivity contribution is 6.07. The average Bonchev–Trinajstić information content (AvgIpc) is 3.46. The quantitative estimate of drug-likeness (QED) is 0.482. The van der Waals surface area contributed by atoms with Crippen LogP contribution in [0, 0.1) is 6.92 Å². The van der Waals surface area contributed by atoms with Crippen LogP contribution in [0.5, 0.6) is 0 Å². The Hall–Kier alpha value is -3.51. The van der Waals surface area contributed by atoms with Crippen molar-refractivity contribution in [1.82, 2.24) is 25.0 Å². The maximum absolute atomic E-state index is 13.3. The van der Waals surface area contributed by atoms with E-state index >= 15 is 0 Å². The standard InChI is InChI=1S/C27H29N5O/c1-19-25-23(16-24(22-8-4-3-5-9-22)29-26(25)31(2)30-19)27(33)28-17-20-10-12-21(13-11-20)18-32-14-6-7-15-32/h3-5,8-13,16H,6-7,14-15,17-18H2,1-2H3,(H,28,33). The summed E-state index contributed by atoms with van der Waals surface area (Å²) in [5, 5.41) is 8.41. The molecule has 0 atom stereocenters. The number of carbonyl (C=O) groups is 1. The second kappa shape index (κ2) is 9.16. The van der Waals surface area contributed by atoms with Crippen molar-refractivity contribution < 1.29 is 4.79 Å². The Morgan fingerprint density at radius 1 is 1.00 bits per heavy atom. The molecule has 0 aliphatic carbocycles. The second-order valence-corrected chi connectivity index (χ2v) is 8.81. The van der Waals surface area contributed by atoms with E-state index in [0.717, 1.165) is 34.4 Å². The number of likely N-dealkylation sites (tertiary alicyclic amines) is 1. The van der Waals surface area contributed by atoms with E-state index in [1.165, 1.54) is 31.5 Å². The number of hydrogen-bond donors (Lipinski definition) is 1. The van der Waals surface area contributed by atoms with Crippen molar-refractivity contribution in [3.05, 3.63) is 83.0 Å². The van der Waals surface area contributed by atoms with Gasteiger partial charge in [0.15, 0.2) is 5.65 Å². The van der Waals surface area contributed by atoms with Crippen LogP contribution in [0.2, 0.25) is 0 Å². The molecule has 0 saturated carbocycles. The summed E-state index contributed by atoms with van der Waals surface area (Å²) in [5.41, 5.74) is 6.27. The molecule has 4 aromatic rings. The molecule has 1 aliphatic rings. The largest absolute Gasteiger partial charge is 0.348 e. The Labute approximate surface area is 194 Å². The van der Waals surface area contributed by atoms with Crippen LogP contribution >= 0.6 is 0 Å². The monoisotopic (exact) mass is 439 g/mol. The minimum Gasteiger partial charge on any atom is -0.348 e. The lowest BCUT2D eigenvalue weighted by molar-refractivity contribution is 0.0952. The van der Waals surface area contributed by atoms with Gasteiger partial charge in [-0.15, -0.1) is 0 Å². The van der Waals surface area contributed by atoms with Gasteiger partial charge in [0.25, 0.3) is 5.91 Å². The van der Waals surface area contributed by atoms with Crippen LogP contribution in [0.3, 0.4) is 0 Å². The first-order valence-electron chi connectivity index (χ1n) is 11.6. The highest BCUT2D eigenvalue weighted by Crippen LogP contribution is 2.27. The van der Waals surface area contributed by atoms with E-state index in [1.54, 1.807) is 4.68 Å². The van der Waals surface area contributed by atoms with E-state index in [-0.39, 0.29) is 5.91 Å². The smallest absolute Gasteiger partial charge is 0.252 e. The molecule has 3 heterocycles. The number of fused-ring (bicyclic) bond motifs is 1. The lowest BCUT2D eigenvalue weighted by atomic mass is 10.0. The van der Waals surface area contributed by atoms with Crippen molar-refractivity contribution >= 4 is 16.9 Å². The van der Waals surface area contributed by atoms with Crippen LogP contribution in [-0.4, -0.2) is 38.7 Å². The van der Waals surface area contributed by atoms with Crippen molar-refractivity contribution in [2.24, 2.45) is 7.05 Å². The number of rotatable bonds is 6. The second-order valence-electron chi connectivity index (χ2n) is 8.81. The zero-order valence-electron chi connectivity index (χ0n) is 19.2. The number of hydrogen-bond acceptors (Lipinski definition) is 4. The summed E-state index contributed by atoms with van der Waals surface area (Å²) < 4.78 is 1.74. The topological polar surface area (TPSA) is 63.1 Å². The molecule has 0 unspecified atom stereocenters. The molecule has 5 rings (SSSR count). The van der Waals surface area contributed by atoms with Gasteiger partial charge in [0.1, 0.15) is 0 Å². The van der Waals surface area contributed by atoms with Gasteiger partial charge in [0.05, 0.1) is 22.3 Å². The van der Waals surface area contributed by atoms with E-state index in [9.17, 15) is 4.79 Å². The molecule has 2 aromatic carbocycles. The highest BCUT2D eigenvalue weighted by atomic mass is 16.1. The third kappa shape index (κ3) is 4.52. The summed E-state index contributed by atoms with van der Waals surface area (Å²) in [6.45, 7) is 5.78. The summed E-state index contributed by atoms with van der Waals surface area (Å²) in [5.74, 6) is -0.114. The molecule has 2 aromatic heterocycles. The minimum absolute atomic E-state index is 0.114. The van der Waals surface area contributed by atoms with Gasteiger partial charge in [-0.2, -0.15) is 5.10 Å². The molecule has 168 valence electrons. The summed E-state index contributed by atoms with van der Waals surface area (Å²) in [6, 6.07) is 20.4. The number of nitrogens with one attached hydrogen (secondary N) is 1. The number of aryl methyl sites for hydroxylation is 2. The Balaban J connectivity index is 1.36. The molecular weight excluding hydrogens is 410 g/mol. The number of benzene rings is 2. The van der Waals surface area contributed by atoms with Crippen LogP contribution in [0.4, 0.5) is 0 Å². The molecule has 6 heteroatoms. The number of amides is 1. The molecule has 1 aliphatic heterocycles. The molecule has 1 amide bonds. The van der Waals surface area contributed by atoms with Crippen LogP contribution in [0.1, 0.15) is 40.0 Å². The number of aromatic nitrogens is 3. The first-order chi connectivity index (χ1) is 16.1. The Morgan fingerprint density at radius 2 is 1.70 bits per heavy atom. The van der Waals surface area contributed by atoms with Crippen LogP contribution < -0.4 is 5.32 Å². The van der Waals surface area contributed by atoms with Gasteiger partial charge < -0.3 is 5.32 Å². The first kappa shape index (κ1) is 21.3. The first-order valence-corrected chi connectivity index (χ1v) is 11.6. The van der Waals surface area contributed by atoms with Gasteiger partial charge in [0.2, 0.25) is 0 Å². The minimum atomic E-state index is -0.114. The van der Waals surface area contributed by atoms with E-state index < -0.39 is 0 Å². The lowest BCUT2D eigenvalue weighted by Gasteiger charge is -2.15. The summed E-state index contributed by atoms with van der Waals surface area (Å²) in [4.78, 5) is 20.6. The van der Waals surface area contributed by atoms with Crippen LogP contribution in [0.15, 0.2) is 60.7 Å². The SMILES string of the molecule is Cc1nn(C)c2nc(-c3ccccc3)cc(C(=O)NCc3ccc(CN4CCCC4)cc3)c12. The van der Waals surface area contributed by atoms with Gasteiger partial charge in [0, 0.05) is 25.7 Å². The molecule has 6 nitrogen and oxygen atoms in total. The Morgan fingerprint density at radius 3 is 2.42 bits per heavy atom. The van der Waals surface area contributed by atoms with Gasteiger partial charge in [-0.05, 0) is 50.0 Å².